The third-order valence-corrected chi connectivity index (χ3v) is 3.62. The molecule has 2 amide bonds. The van der Waals surface area contributed by atoms with Crippen LogP contribution in [0.4, 0.5) is 0 Å². The van der Waals surface area contributed by atoms with Crippen molar-refractivity contribution in [3.8, 4) is 5.75 Å². The molecule has 0 saturated carbocycles. The second kappa shape index (κ2) is 8.72. The maximum absolute atomic E-state index is 12.1. The van der Waals surface area contributed by atoms with Gasteiger partial charge in [-0.15, -0.1) is 0 Å². The van der Waals surface area contributed by atoms with Crippen LogP contribution in [0, 0.1) is 0 Å². The number of rotatable bonds is 7. The molecule has 0 aliphatic rings. The largest absolute Gasteiger partial charge is 0.496 e. The van der Waals surface area contributed by atoms with Crippen molar-refractivity contribution in [1.29, 1.82) is 0 Å². The Morgan fingerprint density at radius 3 is 2.42 bits per heavy atom. The van der Waals surface area contributed by atoms with Gasteiger partial charge in [-0.1, -0.05) is 48.5 Å². The Morgan fingerprint density at radius 1 is 1.04 bits per heavy atom. The van der Waals surface area contributed by atoms with Crippen molar-refractivity contribution in [1.82, 2.24) is 10.6 Å². The summed E-state index contributed by atoms with van der Waals surface area (Å²) in [6, 6.07) is 16.4. The SMILES string of the molecule is COc1ccccc1CC(=O)NC(C)C(=O)NCc1ccccc1. The van der Waals surface area contributed by atoms with Gasteiger partial charge in [-0.2, -0.15) is 0 Å². The first kappa shape index (κ1) is 17.5. The summed E-state index contributed by atoms with van der Waals surface area (Å²) in [5.41, 5.74) is 1.80. The van der Waals surface area contributed by atoms with Crippen molar-refractivity contribution in [2.45, 2.75) is 25.9 Å². The van der Waals surface area contributed by atoms with Crippen LogP contribution in [0.2, 0.25) is 0 Å². The van der Waals surface area contributed by atoms with Crippen molar-refractivity contribution in [2.24, 2.45) is 0 Å². The van der Waals surface area contributed by atoms with Crippen LogP contribution in [-0.2, 0) is 22.6 Å². The highest BCUT2D eigenvalue weighted by Gasteiger charge is 2.16. The lowest BCUT2D eigenvalue weighted by atomic mass is 10.1. The van der Waals surface area contributed by atoms with Crippen molar-refractivity contribution < 1.29 is 14.3 Å². The molecule has 2 aromatic carbocycles. The summed E-state index contributed by atoms with van der Waals surface area (Å²) in [7, 11) is 1.57. The zero-order valence-electron chi connectivity index (χ0n) is 13.9. The van der Waals surface area contributed by atoms with E-state index in [1.807, 2.05) is 48.5 Å². The molecule has 126 valence electrons. The standard InChI is InChI=1S/C19H22N2O3/c1-14(19(23)20-13-15-8-4-3-5-9-15)21-18(22)12-16-10-6-7-11-17(16)24-2/h3-11,14H,12-13H2,1-2H3,(H,20,23)(H,21,22). The number of hydrogen-bond acceptors (Lipinski definition) is 3. The molecule has 2 N–H and O–H groups in total. The van der Waals surface area contributed by atoms with E-state index in [-0.39, 0.29) is 18.2 Å². The fraction of sp³-hybridized carbons (Fsp3) is 0.263. The summed E-state index contributed by atoms with van der Waals surface area (Å²) in [5.74, 6) is 0.225. The average Bonchev–Trinajstić information content (AvgIpc) is 2.60. The number of para-hydroxylation sites is 1. The van der Waals surface area contributed by atoms with Gasteiger partial charge in [-0.3, -0.25) is 9.59 Å². The highest BCUT2D eigenvalue weighted by molar-refractivity contribution is 5.88. The molecule has 2 aromatic rings. The summed E-state index contributed by atoms with van der Waals surface area (Å²) < 4.78 is 5.23. The van der Waals surface area contributed by atoms with Crippen LogP contribution in [0.3, 0.4) is 0 Å². The minimum atomic E-state index is -0.601. The third-order valence-electron chi connectivity index (χ3n) is 3.62. The lowest BCUT2D eigenvalue weighted by Gasteiger charge is -2.15. The van der Waals surface area contributed by atoms with E-state index < -0.39 is 6.04 Å². The minimum Gasteiger partial charge on any atom is -0.496 e. The van der Waals surface area contributed by atoms with Crippen LogP contribution in [0.25, 0.3) is 0 Å². The molecule has 0 heterocycles. The van der Waals surface area contributed by atoms with Crippen molar-refractivity contribution >= 4 is 11.8 Å². The van der Waals surface area contributed by atoms with Crippen LogP contribution in [0.5, 0.6) is 5.75 Å². The second-order valence-corrected chi connectivity index (χ2v) is 5.48. The van der Waals surface area contributed by atoms with Gasteiger partial charge in [0.25, 0.3) is 0 Å². The number of carbonyl (C=O) groups excluding carboxylic acids is 2. The molecule has 0 aromatic heterocycles. The zero-order valence-corrected chi connectivity index (χ0v) is 13.9. The van der Waals surface area contributed by atoms with E-state index in [1.165, 1.54) is 0 Å². The molecule has 0 radical (unpaired) electrons. The lowest BCUT2D eigenvalue weighted by Crippen LogP contribution is -2.45. The normalized spacial score (nSPS) is 11.4. The molecular weight excluding hydrogens is 304 g/mol. The van der Waals surface area contributed by atoms with Crippen molar-refractivity contribution in [3.63, 3.8) is 0 Å². The molecular formula is C19H22N2O3. The number of hydrogen-bond donors (Lipinski definition) is 2. The van der Waals surface area contributed by atoms with Crippen LogP contribution < -0.4 is 15.4 Å². The molecule has 0 bridgehead atoms. The molecule has 0 aliphatic carbocycles. The number of methoxy groups -OCH3 is 1. The lowest BCUT2D eigenvalue weighted by molar-refractivity contribution is -0.128. The van der Waals surface area contributed by atoms with Gasteiger partial charge in [0.2, 0.25) is 11.8 Å². The van der Waals surface area contributed by atoms with E-state index >= 15 is 0 Å². The van der Waals surface area contributed by atoms with Crippen LogP contribution in [-0.4, -0.2) is 25.0 Å². The van der Waals surface area contributed by atoms with Gasteiger partial charge in [0, 0.05) is 12.1 Å². The zero-order chi connectivity index (χ0) is 17.4. The highest BCUT2D eigenvalue weighted by Crippen LogP contribution is 2.17. The summed E-state index contributed by atoms with van der Waals surface area (Å²) in [6.07, 6.45) is 0.167. The molecule has 5 nitrogen and oxygen atoms in total. The van der Waals surface area contributed by atoms with Gasteiger partial charge in [0.1, 0.15) is 11.8 Å². The minimum absolute atomic E-state index is 0.167. The molecule has 2 rings (SSSR count). The first-order valence-electron chi connectivity index (χ1n) is 7.83. The summed E-state index contributed by atoms with van der Waals surface area (Å²) in [5, 5.41) is 5.52. The van der Waals surface area contributed by atoms with Crippen LogP contribution in [0.15, 0.2) is 54.6 Å². The Kier molecular flexibility index (Phi) is 6.37. The van der Waals surface area contributed by atoms with Gasteiger partial charge in [0.15, 0.2) is 0 Å². The number of carbonyl (C=O) groups is 2. The van der Waals surface area contributed by atoms with Gasteiger partial charge in [-0.05, 0) is 18.6 Å². The fourth-order valence-corrected chi connectivity index (χ4v) is 2.32. The highest BCUT2D eigenvalue weighted by atomic mass is 16.5. The first-order valence-corrected chi connectivity index (χ1v) is 7.83. The van der Waals surface area contributed by atoms with E-state index in [1.54, 1.807) is 20.1 Å². The van der Waals surface area contributed by atoms with Gasteiger partial charge in [-0.25, -0.2) is 0 Å². The average molecular weight is 326 g/mol. The maximum atomic E-state index is 12.1. The Morgan fingerprint density at radius 2 is 1.71 bits per heavy atom. The second-order valence-electron chi connectivity index (χ2n) is 5.48. The van der Waals surface area contributed by atoms with Crippen LogP contribution >= 0.6 is 0 Å². The number of ether oxygens (including phenoxy) is 1. The molecule has 5 heteroatoms. The van der Waals surface area contributed by atoms with Crippen molar-refractivity contribution in [2.75, 3.05) is 7.11 Å². The molecule has 1 atom stereocenters. The topological polar surface area (TPSA) is 67.4 Å². The summed E-state index contributed by atoms with van der Waals surface area (Å²) in [4.78, 5) is 24.2. The van der Waals surface area contributed by atoms with E-state index in [9.17, 15) is 9.59 Å². The third kappa shape index (κ3) is 5.12. The molecule has 24 heavy (non-hydrogen) atoms. The summed E-state index contributed by atoms with van der Waals surface area (Å²) in [6.45, 7) is 2.10. The van der Waals surface area contributed by atoms with E-state index in [0.29, 0.717) is 12.3 Å². The Labute approximate surface area is 142 Å². The monoisotopic (exact) mass is 326 g/mol. The molecule has 0 aliphatic heterocycles. The number of nitrogens with one attached hydrogen (secondary N) is 2. The first-order chi connectivity index (χ1) is 11.6. The molecule has 1 unspecified atom stereocenters. The Balaban J connectivity index is 1.83. The quantitative estimate of drug-likeness (QED) is 0.818. The molecule has 0 fully saturated rings. The molecule has 0 saturated heterocycles. The number of benzene rings is 2. The Bertz CT molecular complexity index is 686. The predicted molar refractivity (Wildman–Crippen MR) is 92.6 cm³/mol. The van der Waals surface area contributed by atoms with E-state index in [2.05, 4.69) is 10.6 Å². The Hall–Kier alpha value is -2.82. The van der Waals surface area contributed by atoms with Gasteiger partial charge in [0.05, 0.1) is 13.5 Å². The van der Waals surface area contributed by atoms with E-state index in [0.717, 1.165) is 11.1 Å². The smallest absolute Gasteiger partial charge is 0.242 e. The van der Waals surface area contributed by atoms with Crippen LogP contribution in [0.1, 0.15) is 18.1 Å². The fourth-order valence-electron chi connectivity index (χ4n) is 2.32. The molecule has 0 spiro atoms. The maximum Gasteiger partial charge on any atom is 0.242 e. The van der Waals surface area contributed by atoms with Gasteiger partial charge < -0.3 is 15.4 Å². The number of amides is 2. The van der Waals surface area contributed by atoms with E-state index in [4.69, 9.17) is 4.74 Å². The van der Waals surface area contributed by atoms with Gasteiger partial charge >= 0.3 is 0 Å². The predicted octanol–water partition coefficient (Wildman–Crippen LogP) is 2.06. The summed E-state index contributed by atoms with van der Waals surface area (Å²) >= 11 is 0. The van der Waals surface area contributed by atoms with Crippen molar-refractivity contribution in [3.05, 3.63) is 65.7 Å².